The normalized spacial score (nSPS) is 11.0. The van der Waals surface area contributed by atoms with Gasteiger partial charge in [0, 0.05) is 12.8 Å². The Balaban J connectivity index is 2.92. The van der Waals surface area contributed by atoms with Gasteiger partial charge in [-0.1, -0.05) is 18.2 Å². The van der Waals surface area contributed by atoms with E-state index in [1.54, 1.807) is 6.07 Å². The second kappa shape index (κ2) is 4.14. The van der Waals surface area contributed by atoms with Crippen LogP contribution < -0.4 is 0 Å². The Bertz CT molecular complexity index is 355. The van der Waals surface area contributed by atoms with Gasteiger partial charge in [0.05, 0.1) is 11.6 Å². The lowest BCUT2D eigenvalue weighted by Gasteiger charge is -2.15. The van der Waals surface area contributed by atoms with Gasteiger partial charge < -0.3 is 0 Å². The third-order valence-corrected chi connectivity index (χ3v) is 1.82. The Morgan fingerprint density at radius 1 is 1.29 bits per heavy atom. The summed E-state index contributed by atoms with van der Waals surface area (Å²) in [6, 6.07) is 6.32. The lowest BCUT2D eigenvalue weighted by Crippen LogP contribution is -2.14. The van der Waals surface area contributed by atoms with Crippen molar-refractivity contribution in [2.45, 2.75) is 18.8 Å². The number of alkyl halides is 2. The van der Waals surface area contributed by atoms with Crippen molar-refractivity contribution < 1.29 is 13.2 Å². The Labute approximate surface area is 79.8 Å². The van der Waals surface area contributed by atoms with Gasteiger partial charge in [-0.25, -0.2) is 13.2 Å². The van der Waals surface area contributed by atoms with Gasteiger partial charge in [0.15, 0.2) is 0 Å². The van der Waals surface area contributed by atoms with Crippen LogP contribution in [0.3, 0.4) is 0 Å². The average molecular weight is 199 g/mol. The smallest absolute Gasteiger partial charge is 0.206 e. The standard InChI is InChI=1S/C10H8F3N/c11-9-5-2-1-4-8(9)10(12,13)6-3-7-14/h1-2,4-5H,3,6H2. The first-order valence-corrected chi connectivity index (χ1v) is 4.08. The molecule has 0 N–H and O–H groups in total. The quantitative estimate of drug-likeness (QED) is 0.733. The van der Waals surface area contributed by atoms with E-state index in [2.05, 4.69) is 0 Å². The predicted molar refractivity (Wildman–Crippen MR) is 45.1 cm³/mol. The Morgan fingerprint density at radius 2 is 1.93 bits per heavy atom. The molecule has 14 heavy (non-hydrogen) atoms. The van der Waals surface area contributed by atoms with Crippen molar-refractivity contribution in [3.05, 3.63) is 35.6 Å². The zero-order valence-electron chi connectivity index (χ0n) is 7.30. The van der Waals surface area contributed by atoms with E-state index in [0.29, 0.717) is 0 Å². The van der Waals surface area contributed by atoms with E-state index < -0.39 is 23.7 Å². The molecule has 0 aromatic heterocycles. The van der Waals surface area contributed by atoms with Crippen LogP contribution >= 0.6 is 0 Å². The van der Waals surface area contributed by atoms with E-state index >= 15 is 0 Å². The molecular weight excluding hydrogens is 191 g/mol. The van der Waals surface area contributed by atoms with Crippen LogP contribution in [0.25, 0.3) is 0 Å². The molecule has 0 unspecified atom stereocenters. The second-order valence-electron chi connectivity index (χ2n) is 2.84. The Kier molecular flexibility index (Phi) is 3.13. The predicted octanol–water partition coefficient (Wildman–Crippen LogP) is 3.22. The molecular formula is C10H8F3N. The van der Waals surface area contributed by atoms with Gasteiger partial charge >= 0.3 is 0 Å². The monoisotopic (exact) mass is 199 g/mol. The van der Waals surface area contributed by atoms with Crippen molar-refractivity contribution in [1.82, 2.24) is 0 Å². The molecule has 0 spiro atoms. The molecule has 0 aliphatic rings. The van der Waals surface area contributed by atoms with Crippen molar-refractivity contribution in [1.29, 1.82) is 5.26 Å². The highest BCUT2D eigenvalue weighted by Crippen LogP contribution is 2.34. The van der Waals surface area contributed by atoms with Crippen molar-refractivity contribution in [3.8, 4) is 6.07 Å². The van der Waals surface area contributed by atoms with Crippen LogP contribution in [0.4, 0.5) is 13.2 Å². The molecule has 1 aromatic carbocycles. The summed E-state index contributed by atoms with van der Waals surface area (Å²) in [5, 5.41) is 8.17. The highest BCUT2D eigenvalue weighted by Gasteiger charge is 2.33. The highest BCUT2D eigenvalue weighted by atomic mass is 19.3. The third-order valence-electron chi connectivity index (χ3n) is 1.82. The molecule has 0 aliphatic heterocycles. The van der Waals surface area contributed by atoms with E-state index in [1.165, 1.54) is 12.1 Å². The molecule has 0 saturated heterocycles. The number of nitrogens with zero attached hydrogens (tertiary/aromatic N) is 1. The summed E-state index contributed by atoms with van der Waals surface area (Å²) in [5.74, 6) is -4.20. The first kappa shape index (κ1) is 10.6. The minimum absolute atomic E-state index is 0.290. The van der Waals surface area contributed by atoms with Crippen LogP contribution in [-0.2, 0) is 5.92 Å². The van der Waals surface area contributed by atoms with Gasteiger partial charge in [-0.3, -0.25) is 0 Å². The maximum absolute atomic E-state index is 13.2. The number of hydrogen-bond donors (Lipinski definition) is 0. The highest BCUT2D eigenvalue weighted by molar-refractivity contribution is 5.22. The van der Waals surface area contributed by atoms with Crippen LogP contribution in [-0.4, -0.2) is 0 Å². The Hall–Kier alpha value is -1.50. The van der Waals surface area contributed by atoms with E-state index in [4.69, 9.17) is 5.26 Å². The minimum atomic E-state index is -3.26. The average Bonchev–Trinajstić information content (AvgIpc) is 2.15. The summed E-state index contributed by atoms with van der Waals surface area (Å²) in [6.45, 7) is 0. The molecule has 0 amide bonds. The molecule has 1 aromatic rings. The maximum Gasteiger partial charge on any atom is 0.277 e. The van der Waals surface area contributed by atoms with Gasteiger partial charge in [-0.05, 0) is 6.07 Å². The summed E-state index contributed by atoms with van der Waals surface area (Å²) in [6.07, 6.45) is -0.939. The van der Waals surface area contributed by atoms with Crippen LogP contribution in [0.1, 0.15) is 18.4 Å². The topological polar surface area (TPSA) is 23.8 Å². The molecule has 0 aliphatic carbocycles. The molecule has 1 nitrogen and oxygen atoms in total. The van der Waals surface area contributed by atoms with Crippen LogP contribution in [0.15, 0.2) is 24.3 Å². The zero-order chi connectivity index (χ0) is 10.6. The number of nitriles is 1. The molecule has 0 saturated carbocycles. The van der Waals surface area contributed by atoms with Gasteiger partial charge in [-0.15, -0.1) is 0 Å². The molecule has 1 rings (SSSR count). The molecule has 0 radical (unpaired) electrons. The fourth-order valence-electron chi connectivity index (χ4n) is 1.11. The van der Waals surface area contributed by atoms with E-state index in [-0.39, 0.29) is 6.42 Å². The fraction of sp³-hybridized carbons (Fsp3) is 0.300. The van der Waals surface area contributed by atoms with Crippen LogP contribution in [0, 0.1) is 17.1 Å². The number of halogens is 3. The van der Waals surface area contributed by atoms with Crippen molar-refractivity contribution in [2.75, 3.05) is 0 Å². The zero-order valence-corrected chi connectivity index (χ0v) is 7.30. The summed E-state index contributed by atoms with van der Waals surface area (Å²) in [5.41, 5.74) is -0.643. The summed E-state index contributed by atoms with van der Waals surface area (Å²) in [7, 11) is 0. The van der Waals surface area contributed by atoms with Gasteiger partial charge in [0.1, 0.15) is 5.82 Å². The van der Waals surface area contributed by atoms with Gasteiger partial charge in [0.2, 0.25) is 0 Å². The number of benzene rings is 1. The van der Waals surface area contributed by atoms with Crippen molar-refractivity contribution in [2.24, 2.45) is 0 Å². The minimum Gasteiger partial charge on any atom is -0.206 e. The molecule has 0 bridgehead atoms. The third kappa shape index (κ3) is 2.25. The molecule has 0 fully saturated rings. The largest absolute Gasteiger partial charge is 0.277 e. The SMILES string of the molecule is N#CCCC(F)(F)c1ccccc1F. The lowest BCUT2D eigenvalue weighted by atomic mass is 10.0. The first-order valence-electron chi connectivity index (χ1n) is 4.08. The Morgan fingerprint density at radius 3 is 2.50 bits per heavy atom. The van der Waals surface area contributed by atoms with Gasteiger partial charge in [-0.2, -0.15) is 5.26 Å². The molecule has 0 atom stereocenters. The fourth-order valence-corrected chi connectivity index (χ4v) is 1.11. The maximum atomic E-state index is 13.2. The summed E-state index contributed by atoms with van der Waals surface area (Å²) < 4.78 is 39.4. The number of rotatable bonds is 3. The van der Waals surface area contributed by atoms with E-state index in [1.807, 2.05) is 0 Å². The molecule has 0 heterocycles. The second-order valence-corrected chi connectivity index (χ2v) is 2.84. The van der Waals surface area contributed by atoms with E-state index in [0.717, 1.165) is 12.1 Å². The number of hydrogen-bond acceptors (Lipinski definition) is 1. The molecule has 4 heteroatoms. The molecule has 74 valence electrons. The van der Waals surface area contributed by atoms with Crippen LogP contribution in [0.2, 0.25) is 0 Å². The van der Waals surface area contributed by atoms with Crippen molar-refractivity contribution >= 4 is 0 Å². The summed E-state index contributed by atoms with van der Waals surface area (Å²) in [4.78, 5) is 0. The lowest BCUT2D eigenvalue weighted by molar-refractivity contribution is -0.0153. The first-order chi connectivity index (χ1) is 6.58. The van der Waals surface area contributed by atoms with Crippen molar-refractivity contribution in [3.63, 3.8) is 0 Å². The van der Waals surface area contributed by atoms with Gasteiger partial charge in [0.25, 0.3) is 5.92 Å². The summed E-state index contributed by atoms with van der Waals surface area (Å²) >= 11 is 0. The van der Waals surface area contributed by atoms with E-state index in [9.17, 15) is 13.2 Å². The van der Waals surface area contributed by atoms with Crippen LogP contribution in [0.5, 0.6) is 0 Å².